The van der Waals surface area contributed by atoms with Crippen LogP contribution in [0.3, 0.4) is 0 Å². The van der Waals surface area contributed by atoms with Crippen LogP contribution in [0.2, 0.25) is 0 Å². The van der Waals surface area contributed by atoms with Gasteiger partial charge in [-0.2, -0.15) is 4.31 Å². The summed E-state index contributed by atoms with van der Waals surface area (Å²) in [6, 6.07) is 22.6. The summed E-state index contributed by atoms with van der Waals surface area (Å²) >= 11 is 0. The van der Waals surface area contributed by atoms with Gasteiger partial charge in [-0.15, -0.1) is 0 Å². The van der Waals surface area contributed by atoms with Crippen molar-refractivity contribution in [2.24, 2.45) is 0 Å². The lowest BCUT2D eigenvalue weighted by atomic mass is 10.1. The van der Waals surface area contributed by atoms with Gasteiger partial charge in [-0.1, -0.05) is 48.0 Å². The van der Waals surface area contributed by atoms with Crippen molar-refractivity contribution in [2.45, 2.75) is 31.0 Å². The molecule has 0 bridgehead atoms. The van der Waals surface area contributed by atoms with Crippen LogP contribution in [0, 0.1) is 6.92 Å². The van der Waals surface area contributed by atoms with E-state index in [1.54, 1.807) is 72.7 Å². The van der Waals surface area contributed by atoms with Crippen molar-refractivity contribution in [3.05, 3.63) is 95.6 Å². The van der Waals surface area contributed by atoms with Gasteiger partial charge >= 0.3 is 0 Å². The van der Waals surface area contributed by atoms with Gasteiger partial charge in [0.25, 0.3) is 5.91 Å². The normalized spacial score (nSPS) is 19.2. The quantitative estimate of drug-likeness (QED) is 0.583. The first-order valence-corrected chi connectivity index (χ1v) is 11.9. The Bertz CT molecular complexity index is 1190. The molecule has 1 fully saturated rings. The molecule has 1 aliphatic rings. The van der Waals surface area contributed by atoms with Crippen LogP contribution in [0.1, 0.15) is 34.6 Å². The van der Waals surface area contributed by atoms with E-state index >= 15 is 0 Å². The fourth-order valence-corrected chi connectivity index (χ4v) is 5.70. The highest BCUT2D eigenvalue weighted by Crippen LogP contribution is 2.39. The van der Waals surface area contributed by atoms with Crippen molar-refractivity contribution in [3.8, 4) is 5.75 Å². The van der Waals surface area contributed by atoms with Gasteiger partial charge in [0.15, 0.2) is 0 Å². The number of amides is 1. The average Bonchev–Trinajstić information content (AvgIpc) is 3.17. The molecule has 7 heteroatoms. The van der Waals surface area contributed by atoms with Crippen molar-refractivity contribution >= 4 is 15.9 Å². The molecule has 2 atom stereocenters. The Morgan fingerprint density at radius 1 is 0.938 bits per heavy atom. The van der Waals surface area contributed by atoms with E-state index in [1.165, 1.54) is 4.31 Å². The number of nitrogens with zero attached hydrogens (tertiary/aromatic N) is 2. The van der Waals surface area contributed by atoms with Gasteiger partial charge < -0.3 is 9.64 Å². The Labute approximate surface area is 189 Å². The zero-order valence-electron chi connectivity index (χ0n) is 18.3. The summed E-state index contributed by atoms with van der Waals surface area (Å²) in [5, 5.41) is 0. The minimum Gasteiger partial charge on any atom is -0.497 e. The van der Waals surface area contributed by atoms with E-state index in [0.717, 1.165) is 5.56 Å². The van der Waals surface area contributed by atoms with Crippen LogP contribution in [0.15, 0.2) is 83.8 Å². The van der Waals surface area contributed by atoms with Gasteiger partial charge in [0, 0.05) is 18.2 Å². The summed E-state index contributed by atoms with van der Waals surface area (Å²) in [7, 11) is -2.27. The second kappa shape index (κ2) is 8.76. The van der Waals surface area contributed by atoms with E-state index in [1.807, 2.05) is 32.0 Å². The first kappa shape index (κ1) is 22.0. The number of methoxy groups -OCH3 is 1. The molecular weight excluding hydrogens is 424 g/mol. The molecule has 32 heavy (non-hydrogen) atoms. The lowest BCUT2D eigenvalue weighted by Crippen LogP contribution is -2.39. The number of ether oxygens (including phenoxy) is 1. The molecule has 1 aliphatic heterocycles. The van der Waals surface area contributed by atoms with Gasteiger partial charge in [-0.05, 0) is 55.8 Å². The molecule has 4 rings (SSSR count). The van der Waals surface area contributed by atoms with Crippen molar-refractivity contribution in [1.29, 1.82) is 0 Å². The van der Waals surface area contributed by atoms with Crippen LogP contribution in [-0.4, -0.2) is 43.2 Å². The topological polar surface area (TPSA) is 66.9 Å². The summed E-state index contributed by atoms with van der Waals surface area (Å²) < 4.78 is 34.0. The standard InChI is InChI=1S/C25H26N2O4S/c1-18-9-15-23(16-10-18)32(29,30)26-17-19(2)27(25(28)21-7-5-4-6-8-21)24(26)20-11-13-22(31-3)14-12-20/h4-16,19,24H,17H2,1-3H3/t19-,24+/m0/s1. The third kappa shape index (κ3) is 4.01. The monoisotopic (exact) mass is 450 g/mol. The average molecular weight is 451 g/mol. The molecule has 1 saturated heterocycles. The Balaban J connectivity index is 1.81. The summed E-state index contributed by atoms with van der Waals surface area (Å²) in [4.78, 5) is 15.4. The van der Waals surface area contributed by atoms with Crippen LogP contribution in [0.25, 0.3) is 0 Å². The van der Waals surface area contributed by atoms with E-state index in [4.69, 9.17) is 4.74 Å². The maximum atomic E-state index is 13.7. The molecule has 0 unspecified atom stereocenters. The molecule has 0 aromatic heterocycles. The lowest BCUT2D eigenvalue weighted by molar-refractivity contribution is 0.0640. The smallest absolute Gasteiger partial charge is 0.255 e. The van der Waals surface area contributed by atoms with E-state index < -0.39 is 16.2 Å². The van der Waals surface area contributed by atoms with E-state index in [0.29, 0.717) is 16.9 Å². The second-order valence-corrected chi connectivity index (χ2v) is 9.85. The maximum absolute atomic E-state index is 13.7. The molecule has 3 aromatic carbocycles. The number of sulfonamides is 1. The number of rotatable bonds is 5. The number of carbonyl (C=O) groups is 1. The molecule has 6 nitrogen and oxygen atoms in total. The first-order chi connectivity index (χ1) is 15.3. The first-order valence-electron chi connectivity index (χ1n) is 10.4. The van der Waals surface area contributed by atoms with Gasteiger partial charge in [0.1, 0.15) is 11.9 Å². The fourth-order valence-electron chi connectivity index (χ4n) is 4.05. The molecule has 0 N–H and O–H groups in total. The largest absolute Gasteiger partial charge is 0.497 e. The number of hydrogen-bond acceptors (Lipinski definition) is 4. The van der Waals surface area contributed by atoms with Crippen LogP contribution in [0.4, 0.5) is 0 Å². The van der Waals surface area contributed by atoms with Gasteiger partial charge in [-0.25, -0.2) is 8.42 Å². The molecule has 0 spiro atoms. The maximum Gasteiger partial charge on any atom is 0.255 e. The van der Waals surface area contributed by atoms with Crippen LogP contribution in [-0.2, 0) is 10.0 Å². The van der Waals surface area contributed by atoms with E-state index in [9.17, 15) is 13.2 Å². The zero-order chi connectivity index (χ0) is 22.9. The number of benzene rings is 3. The second-order valence-electron chi connectivity index (χ2n) is 7.96. The molecule has 1 amide bonds. The minimum absolute atomic E-state index is 0.200. The SMILES string of the molecule is COc1ccc([C@H]2N(C(=O)c3ccccc3)[C@@H](C)CN2S(=O)(=O)c2ccc(C)cc2)cc1. The molecule has 0 saturated carbocycles. The van der Waals surface area contributed by atoms with Crippen molar-refractivity contribution < 1.29 is 17.9 Å². The fraction of sp³-hybridized carbons (Fsp3) is 0.240. The predicted molar refractivity (Wildman–Crippen MR) is 123 cm³/mol. The Hall–Kier alpha value is -3.16. The summed E-state index contributed by atoms with van der Waals surface area (Å²) in [5.74, 6) is 0.453. The highest BCUT2D eigenvalue weighted by atomic mass is 32.2. The molecular formula is C25H26N2O4S. The highest BCUT2D eigenvalue weighted by Gasteiger charge is 2.47. The molecule has 1 heterocycles. The molecule has 166 valence electrons. The number of carbonyl (C=O) groups excluding carboxylic acids is 1. The van der Waals surface area contributed by atoms with E-state index in [-0.39, 0.29) is 23.4 Å². The zero-order valence-corrected chi connectivity index (χ0v) is 19.1. The predicted octanol–water partition coefficient (Wildman–Crippen LogP) is 4.24. The van der Waals surface area contributed by atoms with Crippen molar-refractivity contribution in [2.75, 3.05) is 13.7 Å². The molecule has 0 aliphatic carbocycles. The van der Waals surface area contributed by atoms with Gasteiger partial charge in [0.05, 0.1) is 12.0 Å². The highest BCUT2D eigenvalue weighted by molar-refractivity contribution is 7.89. The van der Waals surface area contributed by atoms with Crippen LogP contribution < -0.4 is 4.74 Å². The molecule has 3 aromatic rings. The van der Waals surface area contributed by atoms with Crippen LogP contribution in [0.5, 0.6) is 5.75 Å². The summed E-state index contributed by atoms with van der Waals surface area (Å²) in [6.45, 7) is 3.99. The molecule has 0 radical (unpaired) electrons. The minimum atomic E-state index is -3.84. The van der Waals surface area contributed by atoms with Gasteiger partial charge in [0.2, 0.25) is 10.0 Å². The van der Waals surface area contributed by atoms with Crippen molar-refractivity contribution in [1.82, 2.24) is 9.21 Å². The van der Waals surface area contributed by atoms with Crippen LogP contribution >= 0.6 is 0 Å². The lowest BCUT2D eigenvalue weighted by Gasteiger charge is -2.31. The number of hydrogen-bond donors (Lipinski definition) is 0. The van der Waals surface area contributed by atoms with Crippen molar-refractivity contribution in [3.63, 3.8) is 0 Å². The van der Waals surface area contributed by atoms with Gasteiger partial charge in [-0.3, -0.25) is 4.79 Å². The third-order valence-corrected chi connectivity index (χ3v) is 7.59. The third-order valence-electron chi connectivity index (χ3n) is 5.75. The number of aryl methyl sites for hydroxylation is 1. The summed E-state index contributed by atoms with van der Waals surface area (Å²) in [6.07, 6.45) is -0.769. The Kier molecular flexibility index (Phi) is 6.04. The summed E-state index contributed by atoms with van der Waals surface area (Å²) in [5.41, 5.74) is 2.20. The van der Waals surface area contributed by atoms with E-state index in [2.05, 4.69) is 0 Å². The Morgan fingerprint density at radius 2 is 1.56 bits per heavy atom. The Morgan fingerprint density at radius 3 is 2.16 bits per heavy atom.